The van der Waals surface area contributed by atoms with Gasteiger partial charge in [-0.25, -0.2) is 0 Å². The Morgan fingerprint density at radius 2 is 2.14 bits per heavy atom. The van der Waals surface area contributed by atoms with E-state index >= 15 is 0 Å². The van der Waals surface area contributed by atoms with E-state index in [0.29, 0.717) is 29.5 Å². The molecule has 1 aliphatic carbocycles. The van der Waals surface area contributed by atoms with Crippen LogP contribution in [0.25, 0.3) is 0 Å². The Morgan fingerprint density at radius 1 is 1.33 bits per heavy atom. The molecule has 0 aliphatic heterocycles. The minimum absolute atomic E-state index is 0.0511. The van der Waals surface area contributed by atoms with Crippen LogP contribution in [0.5, 0.6) is 5.75 Å². The zero-order valence-corrected chi connectivity index (χ0v) is 12.3. The lowest BCUT2D eigenvalue weighted by Crippen LogP contribution is -2.16. The van der Waals surface area contributed by atoms with E-state index < -0.39 is 0 Å². The molecule has 0 saturated carbocycles. The minimum atomic E-state index is -0.159. The van der Waals surface area contributed by atoms with E-state index in [1.54, 1.807) is 25.3 Å². The Kier molecular flexibility index (Phi) is 4.98. The van der Waals surface area contributed by atoms with E-state index in [4.69, 9.17) is 4.74 Å². The average molecular weight is 288 g/mol. The third kappa shape index (κ3) is 4.34. The van der Waals surface area contributed by atoms with Crippen molar-refractivity contribution in [2.75, 3.05) is 17.7 Å². The number of benzene rings is 1. The first kappa shape index (κ1) is 15.1. The first-order valence-electron chi connectivity index (χ1n) is 7.00. The Hall–Kier alpha value is -2.30. The van der Waals surface area contributed by atoms with Gasteiger partial charge < -0.3 is 15.4 Å². The molecule has 0 saturated heterocycles. The van der Waals surface area contributed by atoms with Gasteiger partial charge in [-0.05, 0) is 37.0 Å². The molecule has 0 aromatic heterocycles. The van der Waals surface area contributed by atoms with Crippen molar-refractivity contribution in [2.24, 2.45) is 5.92 Å². The molecule has 1 atom stereocenters. The molecule has 2 rings (SSSR count). The van der Waals surface area contributed by atoms with Gasteiger partial charge in [0.25, 0.3) is 0 Å². The van der Waals surface area contributed by atoms with Crippen LogP contribution in [0, 0.1) is 5.92 Å². The van der Waals surface area contributed by atoms with Crippen LogP contribution in [-0.4, -0.2) is 18.9 Å². The molecule has 1 aromatic rings. The topological polar surface area (TPSA) is 67.4 Å². The summed E-state index contributed by atoms with van der Waals surface area (Å²) in [5, 5.41) is 5.54. The maximum Gasteiger partial charge on any atom is 0.225 e. The van der Waals surface area contributed by atoms with Crippen LogP contribution in [0.1, 0.15) is 26.2 Å². The van der Waals surface area contributed by atoms with Crippen molar-refractivity contribution in [3.05, 3.63) is 30.4 Å². The highest BCUT2D eigenvalue weighted by molar-refractivity contribution is 5.95. The molecule has 21 heavy (non-hydrogen) atoms. The van der Waals surface area contributed by atoms with Crippen LogP contribution in [0.2, 0.25) is 0 Å². The van der Waals surface area contributed by atoms with E-state index in [-0.39, 0.29) is 11.8 Å². The first-order chi connectivity index (χ1) is 10.1. The Bertz CT molecular complexity index is 567. The summed E-state index contributed by atoms with van der Waals surface area (Å²) in [6, 6.07) is 5.15. The molecule has 0 spiro atoms. The van der Waals surface area contributed by atoms with E-state index in [9.17, 15) is 9.59 Å². The van der Waals surface area contributed by atoms with Gasteiger partial charge in [-0.3, -0.25) is 9.59 Å². The van der Waals surface area contributed by atoms with Crippen molar-refractivity contribution in [1.82, 2.24) is 0 Å². The molecule has 0 fully saturated rings. The van der Waals surface area contributed by atoms with Crippen molar-refractivity contribution in [1.29, 1.82) is 0 Å². The molecule has 1 aromatic carbocycles. The second-order valence-corrected chi connectivity index (χ2v) is 5.11. The average Bonchev–Trinajstić information content (AvgIpc) is 2.91. The highest BCUT2D eigenvalue weighted by atomic mass is 16.5. The van der Waals surface area contributed by atoms with Crippen LogP contribution >= 0.6 is 0 Å². The van der Waals surface area contributed by atoms with Crippen molar-refractivity contribution in [3.8, 4) is 5.75 Å². The van der Waals surface area contributed by atoms with Crippen LogP contribution < -0.4 is 15.4 Å². The third-order valence-electron chi connectivity index (χ3n) is 3.35. The fraction of sp³-hybridized carbons (Fsp3) is 0.375. The molecule has 2 amide bonds. The highest BCUT2D eigenvalue weighted by Crippen LogP contribution is 2.29. The van der Waals surface area contributed by atoms with Crippen LogP contribution in [-0.2, 0) is 9.59 Å². The zero-order valence-electron chi connectivity index (χ0n) is 12.3. The first-order valence-corrected chi connectivity index (χ1v) is 7.00. The molecule has 2 N–H and O–H groups in total. The summed E-state index contributed by atoms with van der Waals surface area (Å²) in [6.07, 6.45) is 6.72. The highest BCUT2D eigenvalue weighted by Gasteiger charge is 2.15. The number of carbonyl (C=O) groups excluding carboxylic acids is 2. The largest absolute Gasteiger partial charge is 0.495 e. The molecule has 0 heterocycles. The molecular formula is C16H20N2O3. The van der Waals surface area contributed by atoms with Crippen LogP contribution in [0.4, 0.5) is 11.4 Å². The molecule has 1 aliphatic rings. The predicted molar refractivity (Wildman–Crippen MR) is 82.4 cm³/mol. The number of hydrogen-bond acceptors (Lipinski definition) is 3. The fourth-order valence-corrected chi connectivity index (χ4v) is 2.39. The summed E-state index contributed by atoms with van der Waals surface area (Å²) in [5.74, 6) is 0.673. The quantitative estimate of drug-likeness (QED) is 0.819. The summed E-state index contributed by atoms with van der Waals surface area (Å²) < 4.78 is 5.23. The number of ether oxygens (including phenoxy) is 1. The van der Waals surface area contributed by atoms with Crippen molar-refractivity contribution in [3.63, 3.8) is 0 Å². The van der Waals surface area contributed by atoms with E-state index in [2.05, 4.69) is 22.8 Å². The summed E-state index contributed by atoms with van der Waals surface area (Å²) in [7, 11) is 1.54. The third-order valence-corrected chi connectivity index (χ3v) is 3.35. The van der Waals surface area contributed by atoms with E-state index in [0.717, 1.165) is 12.8 Å². The number of carbonyl (C=O) groups is 2. The zero-order chi connectivity index (χ0) is 15.2. The molecule has 0 unspecified atom stereocenters. The van der Waals surface area contributed by atoms with Crippen molar-refractivity contribution in [2.45, 2.75) is 26.2 Å². The summed E-state index contributed by atoms with van der Waals surface area (Å²) >= 11 is 0. The van der Waals surface area contributed by atoms with E-state index in [1.807, 2.05) is 0 Å². The van der Waals surface area contributed by atoms with Gasteiger partial charge in [0.15, 0.2) is 0 Å². The van der Waals surface area contributed by atoms with Crippen LogP contribution in [0.3, 0.4) is 0 Å². The number of nitrogens with one attached hydrogen (secondary N) is 2. The van der Waals surface area contributed by atoms with Crippen LogP contribution in [0.15, 0.2) is 30.4 Å². The standard InChI is InChI=1S/C16H20N2O3/c1-11(19)17-13-7-8-15(21-2)14(10-13)18-16(20)9-12-5-3-4-6-12/h3,5,7-8,10,12H,4,6,9H2,1-2H3,(H,17,19)(H,18,20)/t12-/m0/s1. The molecule has 5 heteroatoms. The number of anilines is 2. The van der Waals surface area contributed by atoms with Gasteiger partial charge in [0.1, 0.15) is 5.75 Å². The number of amides is 2. The molecular weight excluding hydrogens is 268 g/mol. The summed E-state index contributed by atoms with van der Waals surface area (Å²) in [4.78, 5) is 23.2. The van der Waals surface area contributed by atoms with Gasteiger partial charge in [-0.1, -0.05) is 12.2 Å². The van der Waals surface area contributed by atoms with E-state index in [1.165, 1.54) is 6.92 Å². The lowest BCUT2D eigenvalue weighted by atomic mass is 10.0. The van der Waals surface area contributed by atoms with Gasteiger partial charge in [0.2, 0.25) is 11.8 Å². The van der Waals surface area contributed by atoms with Crippen molar-refractivity contribution < 1.29 is 14.3 Å². The fourth-order valence-electron chi connectivity index (χ4n) is 2.39. The Balaban J connectivity index is 2.07. The summed E-state index contributed by atoms with van der Waals surface area (Å²) in [5.41, 5.74) is 1.19. The maximum absolute atomic E-state index is 12.1. The lowest BCUT2D eigenvalue weighted by molar-refractivity contribution is -0.117. The lowest BCUT2D eigenvalue weighted by Gasteiger charge is -2.13. The van der Waals surface area contributed by atoms with Gasteiger partial charge in [0, 0.05) is 19.0 Å². The van der Waals surface area contributed by atoms with Gasteiger partial charge in [-0.2, -0.15) is 0 Å². The molecule has 0 radical (unpaired) electrons. The number of hydrogen-bond donors (Lipinski definition) is 2. The number of allylic oxidation sites excluding steroid dienone is 2. The number of methoxy groups -OCH3 is 1. The summed E-state index contributed by atoms with van der Waals surface area (Å²) in [6.45, 7) is 1.44. The second-order valence-electron chi connectivity index (χ2n) is 5.11. The van der Waals surface area contributed by atoms with Gasteiger partial charge in [0.05, 0.1) is 12.8 Å². The van der Waals surface area contributed by atoms with Crippen molar-refractivity contribution >= 4 is 23.2 Å². The number of rotatable bonds is 5. The molecule has 0 bridgehead atoms. The molecule has 112 valence electrons. The Morgan fingerprint density at radius 3 is 2.76 bits per heavy atom. The van der Waals surface area contributed by atoms with Gasteiger partial charge in [-0.15, -0.1) is 0 Å². The SMILES string of the molecule is COc1ccc(NC(C)=O)cc1NC(=O)C[C@H]1C=CCC1. The van der Waals surface area contributed by atoms with Gasteiger partial charge >= 0.3 is 0 Å². The smallest absolute Gasteiger partial charge is 0.225 e. The minimum Gasteiger partial charge on any atom is -0.495 e. The predicted octanol–water partition coefficient (Wildman–Crippen LogP) is 2.95. The molecule has 5 nitrogen and oxygen atoms in total. The second kappa shape index (κ2) is 6.92. The monoisotopic (exact) mass is 288 g/mol. The Labute approximate surface area is 124 Å². The normalized spacial score (nSPS) is 16.6. The maximum atomic E-state index is 12.1.